The van der Waals surface area contributed by atoms with E-state index in [1.165, 1.54) is 4.90 Å². The number of halogens is 1. The largest absolute Gasteiger partial charge is 0.310 e. The Kier molecular flexibility index (Phi) is 3.58. The molecule has 0 spiro atoms. The van der Waals surface area contributed by atoms with Crippen molar-refractivity contribution in [2.45, 2.75) is 20.3 Å². The van der Waals surface area contributed by atoms with Crippen molar-refractivity contribution < 1.29 is 17.1 Å². The lowest BCUT2D eigenvalue weighted by Crippen LogP contribution is -2.27. The van der Waals surface area contributed by atoms with Gasteiger partial charge >= 0.3 is 10.2 Å². The number of rotatable bonds is 3. The molecule has 0 N–H and O–H groups in total. The average molecular weight is 286 g/mol. The van der Waals surface area contributed by atoms with Gasteiger partial charge in [-0.05, 0) is 25.5 Å². The zero-order valence-electron chi connectivity index (χ0n) is 10.8. The van der Waals surface area contributed by atoms with Crippen LogP contribution < -0.4 is 4.90 Å². The van der Waals surface area contributed by atoms with Crippen LogP contribution in [0.5, 0.6) is 0 Å². The van der Waals surface area contributed by atoms with Gasteiger partial charge in [-0.15, -0.1) is 3.89 Å². The number of aromatic nitrogens is 1. The van der Waals surface area contributed by atoms with E-state index in [0.29, 0.717) is 11.4 Å². The lowest BCUT2D eigenvalue weighted by atomic mass is 10.1. The normalized spacial score (nSPS) is 20.1. The molecule has 5 nitrogen and oxygen atoms in total. The minimum Gasteiger partial charge on any atom is -0.310 e. The van der Waals surface area contributed by atoms with E-state index in [1.54, 1.807) is 19.2 Å². The maximum atomic E-state index is 12.7. The summed E-state index contributed by atoms with van der Waals surface area (Å²) in [4.78, 5) is 17.6. The summed E-state index contributed by atoms with van der Waals surface area (Å²) in [5.74, 6) is -1.29. The molecule has 1 saturated heterocycles. The molecule has 0 bridgehead atoms. The van der Waals surface area contributed by atoms with E-state index in [1.807, 2.05) is 6.92 Å². The fourth-order valence-corrected chi connectivity index (χ4v) is 3.27. The van der Waals surface area contributed by atoms with Crippen molar-refractivity contribution in [1.29, 1.82) is 0 Å². The molecule has 104 valence electrons. The molecule has 0 aliphatic carbocycles. The van der Waals surface area contributed by atoms with Crippen LogP contribution in [0.25, 0.3) is 0 Å². The van der Waals surface area contributed by atoms with Crippen LogP contribution in [-0.4, -0.2) is 31.6 Å². The highest BCUT2D eigenvalue weighted by molar-refractivity contribution is 7.86. The molecular formula is C12H15FN2O3S. The van der Waals surface area contributed by atoms with Crippen molar-refractivity contribution in [3.8, 4) is 0 Å². The molecule has 1 aliphatic heterocycles. The summed E-state index contributed by atoms with van der Waals surface area (Å²) in [5, 5.41) is 0. The molecule has 1 aromatic rings. The summed E-state index contributed by atoms with van der Waals surface area (Å²) in [7, 11) is -4.55. The Morgan fingerprint density at radius 2 is 2.16 bits per heavy atom. The van der Waals surface area contributed by atoms with Gasteiger partial charge in [0, 0.05) is 25.1 Å². The summed E-state index contributed by atoms with van der Waals surface area (Å²) in [5.41, 5.74) is 2.30. The number of pyridine rings is 1. The smallest absolute Gasteiger partial charge is 0.302 e. The van der Waals surface area contributed by atoms with Gasteiger partial charge in [0.2, 0.25) is 5.91 Å². The maximum Gasteiger partial charge on any atom is 0.302 e. The van der Waals surface area contributed by atoms with E-state index in [0.717, 1.165) is 5.56 Å². The zero-order valence-corrected chi connectivity index (χ0v) is 11.6. The molecule has 19 heavy (non-hydrogen) atoms. The Morgan fingerprint density at radius 1 is 1.47 bits per heavy atom. The second-order valence-corrected chi connectivity index (χ2v) is 6.25. The van der Waals surface area contributed by atoms with Gasteiger partial charge in [-0.1, -0.05) is 0 Å². The van der Waals surface area contributed by atoms with Crippen LogP contribution in [0.15, 0.2) is 12.3 Å². The van der Waals surface area contributed by atoms with Gasteiger partial charge in [-0.3, -0.25) is 9.78 Å². The first kappa shape index (κ1) is 13.9. The average Bonchev–Trinajstić information content (AvgIpc) is 2.56. The van der Waals surface area contributed by atoms with E-state index < -0.39 is 21.9 Å². The maximum absolute atomic E-state index is 12.7. The zero-order chi connectivity index (χ0) is 14.2. The first-order valence-corrected chi connectivity index (χ1v) is 7.48. The van der Waals surface area contributed by atoms with Crippen molar-refractivity contribution in [1.82, 2.24) is 4.98 Å². The van der Waals surface area contributed by atoms with Crippen molar-refractivity contribution in [2.75, 3.05) is 17.2 Å². The van der Waals surface area contributed by atoms with Crippen molar-refractivity contribution in [3.63, 3.8) is 0 Å². The van der Waals surface area contributed by atoms with Crippen molar-refractivity contribution >= 4 is 21.8 Å². The highest BCUT2D eigenvalue weighted by Gasteiger charge is 2.34. The van der Waals surface area contributed by atoms with Crippen LogP contribution in [0.4, 0.5) is 9.57 Å². The molecule has 2 heterocycles. The minimum absolute atomic E-state index is 0.0525. The topological polar surface area (TPSA) is 67.3 Å². The predicted molar refractivity (Wildman–Crippen MR) is 69.1 cm³/mol. The summed E-state index contributed by atoms with van der Waals surface area (Å²) in [6, 6.07) is 1.79. The van der Waals surface area contributed by atoms with Crippen molar-refractivity contribution in [2.24, 2.45) is 5.92 Å². The predicted octanol–water partition coefficient (Wildman–Crippen LogP) is 1.35. The molecule has 1 fully saturated rings. The molecular weight excluding hydrogens is 271 g/mol. The third-order valence-electron chi connectivity index (χ3n) is 3.22. The molecule has 1 aliphatic rings. The van der Waals surface area contributed by atoms with E-state index in [-0.39, 0.29) is 18.9 Å². The van der Waals surface area contributed by atoms with Gasteiger partial charge in [0.15, 0.2) is 0 Å². The van der Waals surface area contributed by atoms with Gasteiger partial charge in [0.25, 0.3) is 0 Å². The van der Waals surface area contributed by atoms with E-state index in [9.17, 15) is 17.1 Å². The molecule has 2 rings (SSSR count). The lowest BCUT2D eigenvalue weighted by molar-refractivity contribution is -0.117. The minimum atomic E-state index is -4.55. The van der Waals surface area contributed by atoms with Gasteiger partial charge in [-0.2, -0.15) is 8.42 Å². The van der Waals surface area contributed by atoms with Crippen LogP contribution in [0.3, 0.4) is 0 Å². The van der Waals surface area contributed by atoms with Gasteiger partial charge in [-0.25, -0.2) is 0 Å². The van der Waals surface area contributed by atoms with Crippen LogP contribution in [0.1, 0.15) is 17.7 Å². The molecule has 1 aromatic heterocycles. The molecule has 7 heteroatoms. The highest BCUT2D eigenvalue weighted by Crippen LogP contribution is 2.30. The highest BCUT2D eigenvalue weighted by atomic mass is 32.3. The quantitative estimate of drug-likeness (QED) is 0.787. The van der Waals surface area contributed by atoms with Crippen LogP contribution in [-0.2, 0) is 15.0 Å². The fraction of sp³-hybridized carbons (Fsp3) is 0.500. The number of aryl methyl sites for hydroxylation is 2. The Morgan fingerprint density at radius 3 is 2.74 bits per heavy atom. The fourth-order valence-electron chi connectivity index (χ4n) is 2.49. The molecule has 0 saturated carbocycles. The first-order chi connectivity index (χ1) is 8.78. The van der Waals surface area contributed by atoms with Crippen molar-refractivity contribution in [3.05, 3.63) is 23.5 Å². The number of nitrogens with zero attached hydrogens (tertiary/aromatic N) is 2. The van der Waals surface area contributed by atoms with E-state index in [4.69, 9.17) is 0 Å². The third-order valence-corrected chi connectivity index (χ3v) is 4.09. The Bertz CT molecular complexity index is 595. The summed E-state index contributed by atoms with van der Waals surface area (Å²) >= 11 is 0. The Balaban J connectivity index is 2.26. The first-order valence-electron chi connectivity index (χ1n) is 5.93. The van der Waals surface area contributed by atoms with Crippen LogP contribution in [0.2, 0.25) is 0 Å². The Hall–Kier alpha value is -1.50. The second-order valence-electron chi connectivity index (χ2n) is 4.84. The van der Waals surface area contributed by atoms with E-state index >= 15 is 0 Å². The number of anilines is 1. The molecule has 1 atom stereocenters. The third kappa shape index (κ3) is 3.09. The van der Waals surface area contributed by atoms with Crippen LogP contribution >= 0.6 is 0 Å². The number of hydrogen-bond donors (Lipinski definition) is 0. The monoisotopic (exact) mass is 286 g/mol. The standard InChI is InChI=1S/C12H15FN2O3S/c1-8-3-4-14-9(2)12(8)15-6-10(5-11(15)16)7-19(13,17)18/h3-4,10H,5-7H2,1-2H3. The molecule has 0 aromatic carbocycles. The molecule has 0 radical (unpaired) electrons. The van der Waals surface area contributed by atoms with E-state index in [2.05, 4.69) is 4.98 Å². The second kappa shape index (κ2) is 4.88. The summed E-state index contributed by atoms with van der Waals surface area (Å²) in [6.45, 7) is 3.86. The number of amides is 1. The van der Waals surface area contributed by atoms with Gasteiger partial charge in [0.1, 0.15) is 0 Å². The van der Waals surface area contributed by atoms with Crippen LogP contribution in [0, 0.1) is 19.8 Å². The molecule has 1 unspecified atom stereocenters. The number of hydrogen-bond acceptors (Lipinski definition) is 4. The SMILES string of the molecule is Cc1ccnc(C)c1N1CC(CS(=O)(=O)F)CC1=O. The number of carbonyl (C=O) groups is 1. The van der Waals surface area contributed by atoms with Gasteiger partial charge in [0.05, 0.1) is 17.1 Å². The number of carbonyl (C=O) groups excluding carboxylic acids is 1. The Labute approximate surface area is 111 Å². The molecule has 1 amide bonds. The summed E-state index contributed by atoms with van der Waals surface area (Å²) in [6.07, 6.45) is 1.70. The lowest BCUT2D eigenvalue weighted by Gasteiger charge is -2.20. The van der Waals surface area contributed by atoms with Gasteiger partial charge < -0.3 is 4.90 Å². The summed E-state index contributed by atoms with van der Waals surface area (Å²) < 4.78 is 34.0.